The predicted octanol–water partition coefficient (Wildman–Crippen LogP) is 2.02. The van der Waals surface area contributed by atoms with Crippen LogP contribution in [-0.4, -0.2) is 24.0 Å². The number of aromatic nitrogens is 1. The van der Waals surface area contributed by atoms with Gasteiger partial charge in [-0.3, -0.25) is 4.79 Å². The summed E-state index contributed by atoms with van der Waals surface area (Å²) in [5.74, 6) is -1.24. The third kappa shape index (κ3) is 4.87. The molecule has 0 bridgehead atoms. The van der Waals surface area contributed by atoms with Crippen molar-refractivity contribution < 1.29 is 23.3 Å². The van der Waals surface area contributed by atoms with Gasteiger partial charge in [0.25, 0.3) is 5.91 Å². The summed E-state index contributed by atoms with van der Waals surface area (Å²) >= 11 is 0. The smallest absolute Gasteiger partial charge is 0.338 e. The van der Waals surface area contributed by atoms with E-state index in [4.69, 9.17) is 4.74 Å². The van der Waals surface area contributed by atoms with E-state index in [1.807, 2.05) is 11.6 Å². The number of pyridine rings is 1. The summed E-state index contributed by atoms with van der Waals surface area (Å²) in [6.45, 7) is 3.51. The van der Waals surface area contributed by atoms with Crippen LogP contribution in [0.1, 0.15) is 34.6 Å². The van der Waals surface area contributed by atoms with Crippen LogP contribution in [0, 0.1) is 5.82 Å². The summed E-state index contributed by atoms with van der Waals surface area (Å²) in [6.07, 6.45) is 3.55. The zero-order chi connectivity index (χ0) is 17.7. The number of hydrogen-bond acceptors (Lipinski definition) is 3. The fourth-order valence-corrected chi connectivity index (χ4v) is 1.98. The van der Waals surface area contributed by atoms with E-state index in [1.165, 1.54) is 24.3 Å². The molecule has 0 fully saturated rings. The minimum Gasteiger partial charge on any atom is -0.460 e. The van der Waals surface area contributed by atoms with Gasteiger partial charge >= 0.3 is 5.97 Å². The van der Waals surface area contributed by atoms with E-state index in [2.05, 4.69) is 5.32 Å². The highest BCUT2D eigenvalue weighted by Crippen LogP contribution is 2.09. The zero-order valence-corrected chi connectivity index (χ0v) is 13.9. The van der Waals surface area contributed by atoms with E-state index in [-0.39, 0.29) is 18.1 Å². The lowest BCUT2D eigenvalue weighted by Gasteiger charge is -2.25. The second-order valence-electron chi connectivity index (χ2n) is 6.17. The fourth-order valence-electron chi connectivity index (χ4n) is 1.98. The van der Waals surface area contributed by atoms with E-state index in [1.54, 1.807) is 38.4 Å². The van der Waals surface area contributed by atoms with Crippen molar-refractivity contribution in [3.63, 3.8) is 0 Å². The second-order valence-corrected chi connectivity index (χ2v) is 6.17. The van der Waals surface area contributed by atoms with Crippen molar-refractivity contribution in [3.05, 3.63) is 65.7 Å². The van der Waals surface area contributed by atoms with Crippen molar-refractivity contribution >= 4 is 11.9 Å². The van der Waals surface area contributed by atoms with E-state index < -0.39 is 17.3 Å². The Kier molecular flexibility index (Phi) is 5.28. The second kappa shape index (κ2) is 7.21. The van der Waals surface area contributed by atoms with E-state index in [0.717, 1.165) is 0 Å². The Hall–Kier alpha value is -2.76. The number of benzene rings is 1. The number of esters is 1. The van der Waals surface area contributed by atoms with Gasteiger partial charge in [-0.25, -0.2) is 13.8 Å². The quantitative estimate of drug-likeness (QED) is 0.673. The van der Waals surface area contributed by atoms with Crippen molar-refractivity contribution in [2.75, 3.05) is 6.61 Å². The molecule has 0 aliphatic carbocycles. The van der Waals surface area contributed by atoms with Gasteiger partial charge < -0.3 is 10.1 Å². The number of carbonyl (C=O) groups is 2. The standard InChI is InChI=1S/C18H19FN2O3/c1-18(2,20-16(22)13-8-10-21(3)11-9-13)12-24-17(23)14-4-6-15(19)7-5-14/h4-11H,12H2,1-3H3/p+1. The monoisotopic (exact) mass is 331 g/mol. The number of ether oxygens (including phenoxy) is 1. The van der Waals surface area contributed by atoms with Crippen molar-refractivity contribution in [1.82, 2.24) is 5.32 Å². The van der Waals surface area contributed by atoms with Gasteiger partial charge in [0.15, 0.2) is 12.4 Å². The van der Waals surface area contributed by atoms with E-state index >= 15 is 0 Å². The van der Waals surface area contributed by atoms with Gasteiger partial charge in [0.2, 0.25) is 0 Å². The van der Waals surface area contributed by atoms with Gasteiger partial charge in [-0.05, 0) is 38.1 Å². The Morgan fingerprint density at radius 1 is 1.08 bits per heavy atom. The van der Waals surface area contributed by atoms with Gasteiger partial charge in [-0.15, -0.1) is 0 Å². The summed E-state index contributed by atoms with van der Waals surface area (Å²) in [4.78, 5) is 24.2. The van der Waals surface area contributed by atoms with E-state index in [9.17, 15) is 14.0 Å². The fraction of sp³-hybridized carbons (Fsp3) is 0.278. The normalized spacial score (nSPS) is 11.0. The number of rotatable bonds is 5. The molecule has 0 spiro atoms. The Morgan fingerprint density at radius 2 is 1.67 bits per heavy atom. The predicted molar refractivity (Wildman–Crippen MR) is 85.8 cm³/mol. The maximum atomic E-state index is 12.9. The highest BCUT2D eigenvalue weighted by atomic mass is 19.1. The lowest BCUT2D eigenvalue weighted by atomic mass is 10.1. The summed E-state index contributed by atoms with van der Waals surface area (Å²) < 4.78 is 19.9. The van der Waals surface area contributed by atoms with Gasteiger partial charge in [0, 0.05) is 12.1 Å². The minimum atomic E-state index is -0.745. The van der Waals surface area contributed by atoms with Crippen LogP contribution < -0.4 is 9.88 Å². The third-order valence-corrected chi connectivity index (χ3v) is 3.34. The SMILES string of the molecule is C[n+]1ccc(C(=O)NC(C)(C)COC(=O)c2ccc(F)cc2)cc1. The summed E-state index contributed by atoms with van der Waals surface area (Å²) in [7, 11) is 1.86. The Balaban J connectivity index is 1.93. The zero-order valence-electron chi connectivity index (χ0n) is 13.9. The van der Waals surface area contributed by atoms with Gasteiger partial charge in [0.05, 0.1) is 16.7 Å². The molecule has 2 aromatic rings. The Morgan fingerprint density at radius 3 is 2.25 bits per heavy atom. The molecule has 0 saturated carbocycles. The highest BCUT2D eigenvalue weighted by molar-refractivity contribution is 5.94. The first-order chi connectivity index (χ1) is 11.3. The molecule has 0 aliphatic heterocycles. The van der Waals surface area contributed by atoms with Gasteiger partial charge in [-0.1, -0.05) is 0 Å². The molecule has 5 nitrogen and oxygen atoms in total. The molecule has 1 aromatic heterocycles. The lowest BCUT2D eigenvalue weighted by Crippen LogP contribution is -2.47. The van der Waals surface area contributed by atoms with Crippen molar-refractivity contribution in [2.24, 2.45) is 7.05 Å². The maximum Gasteiger partial charge on any atom is 0.338 e. The average Bonchev–Trinajstić information content (AvgIpc) is 2.53. The molecule has 1 heterocycles. The molecule has 1 N–H and O–H groups in total. The number of aryl methyl sites for hydroxylation is 1. The molecule has 0 aliphatic rings. The number of nitrogens with one attached hydrogen (secondary N) is 1. The first-order valence-electron chi connectivity index (χ1n) is 7.47. The molecule has 2 rings (SSSR count). The number of amides is 1. The molecule has 0 unspecified atom stereocenters. The van der Waals surface area contributed by atoms with Crippen LogP contribution in [0.3, 0.4) is 0 Å². The Bertz CT molecular complexity index is 725. The van der Waals surface area contributed by atoms with Crippen LogP contribution in [0.15, 0.2) is 48.8 Å². The topological polar surface area (TPSA) is 59.3 Å². The van der Waals surface area contributed by atoms with E-state index in [0.29, 0.717) is 5.56 Å². The number of carbonyl (C=O) groups excluding carboxylic acids is 2. The number of halogens is 1. The average molecular weight is 331 g/mol. The van der Waals surface area contributed by atoms with Crippen LogP contribution in [0.4, 0.5) is 4.39 Å². The van der Waals surface area contributed by atoms with Gasteiger partial charge in [-0.2, -0.15) is 0 Å². The molecule has 1 amide bonds. The largest absolute Gasteiger partial charge is 0.460 e. The molecule has 1 aromatic carbocycles. The van der Waals surface area contributed by atoms with Crippen LogP contribution in [0.2, 0.25) is 0 Å². The minimum absolute atomic E-state index is 0.00440. The molecular weight excluding hydrogens is 311 g/mol. The summed E-state index contributed by atoms with van der Waals surface area (Å²) in [6, 6.07) is 8.50. The Labute approximate surface area is 140 Å². The summed E-state index contributed by atoms with van der Waals surface area (Å²) in [5.41, 5.74) is 0.0327. The molecule has 126 valence electrons. The highest BCUT2D eigenvalue weighted by Gasteiger charge is 2.24. The van der Waals surface area contributed by atoms with Crippen LogP contribution in [0.25, 0.3) is 0 Å². The van der Waals surface area contributed by atoms with Crippen molar-refractivity contribution in [1.29, 1.82) is 0 Å². The number of nitrogens with zero attached hydrogens (tertiary/aromatic N) is 1. The first kappa shape index (κ1) is 17.6. The first-order valence-corrected chi connectivity index (χ1v) is 7.47. The molecule has 0 saturated heterocycles. The van der Waals surface area contributed by atoms with Crippen molar-refractivity contribution in [3.8, 4) is 0 Å². The molecule has 0 radical (unpaired) electrons. The third-order valence-electron chi connectivity index (χ3n) is 3.34. The molecule has 6 heteroatoms. The van der Waals surface area contributed by atoms with Gasteiger partial charge in [0.1, 0.15) is 19.5 Å². The van der Waals surface area contributed by atoms with Crippen LogP contribution >= 0.6 is 0 Å². The van der Waals surface area contributed by atoms with Crippen molar-refractivity contribution in [2.45, 2.75) is 19.4 Å². The van der Waals surface area contributed by atoms with Crippen LogP contribution in [-0.2, 0) is 11.8 Å². The number of hydrogen-bond donors (Lipinski definition) is 1. The molecule has 24 heavy (non-hydrogen) atoms. The molecular formula is C18H20FN2O3+. The maximum absolute atomic E-state index is 12.9. The lowest BCUT2D eigenvalue weighted by molar-refractivity contribution is -0.671. The summed E-state index contributed by atoms with van der Waals surface area (Å²) in [5, 5.41) is 2.82. The van der Waals surface area contributed by atoms with Crippen LogP contribution in [0.5, 0.6) is 0 Å². The molecule has 0 atom stereocenters.